The van der Waals surface area contributed by atoms with Gasteiger partial charge in [-0.2, -0.15) is 0 Å². The molecule has 2 N–H and O–H groups in total. The van der Waals surface area contributed by atoms with Gasteiger partial charge in [-0.3, -0.25) is 24.5 Å². The first-order chi connectivity index (χ1) is 12.0. The number of nitro benzene ring substituents is 1. The number of carbonyl (C=O) groups excluding carboxylic acids is 3. The number of amides is 1. The fourth-order valence-electron chi connectivity index (χ4n) is 1.91. The zero-order valence-corrected chi connectivity index (χ0v) is 13.1. The maximum atomic E-state index is 11.8. The molecule has 25 heavy (non-hydrogen) atoms. The summed E-state index contributed by atoms with van der Waals surface area (Å²) in [4.78, 5) is 47.7. The number of H-pyrrole nitrogens is 1. The molecule has 9 nitrogen and oxygen atoms in total. The van der Waals surface area contributed by atoms with E-state index in [-0.39, 0.29) is 36.6 Å². The van der Waals surface area contributed by atoms with Crippen LogP contribution < -0.4 is 5.32 Å². The minimum absolute atomic E-state index is 0.0192. The van der Waals surface area contributed by atoms with Crippen LogP contribution in [0.25, 0.3) is 0 Å². The molecule has 2 rings (SSSR count). The molecule has 2 aromatic rings. The Labute approximate surface area is 142 Å². The number of aromatic amines is 1. The minimum Gasteiger partial charge on any atom is -0.457 e. The van der Waals surface area contributed by atoms with Gasteiger partial charge in [0.05, 0.1) is 17.0 Å². The number of Topliss-reactive ketones (excluding diaryl/α,β-unsaturated/α-hetero) is 1. The highest BCUT2D eigenvalue weighted by Crippen LogP contribution is 2.11. The van der Waals surface area contributed by atoms with Crippen molar-refractivity contribution in [1.29, 1.82) is 0 Å². The molecule has 0 unspecified atom stereocenters. The Morgan fingerprint density at radius 1 is 1.16 bits per heavy atom. The van der Waals surface area contributed by atoms with Crippen LogP contribution in [0, 0.1) is 10.1 Å². The molecule has 0 saturated carbocycles. The number of hydrogen-bond acceptors (Lipinski definition) is 6. The van der Waals surface area contributed by atoms with Gasteiger partial charge < -0.3 is 15.0 Å². The number of rotatable bonds is 8. The first-order valence-corrected chi connectivity index (χ1v) is 7.32. The van der Waals surface area contributed by atoms with E-state index >= 15 is 0 Å². The SMILES string of the molecule is O=C(CCNC(=O)c1ccc([N+](=O)[O-])cc1)OCC(=O)c1ccc[nH]1. The molecule has 0 bridgehead atoms. The van der Waals surface area contributed by atoms with E-state index in [0.29, 0.717) is 5.69 Å². The largest absolute Gasteiger partial charge is 0.457 e. The second-order valence-corrected chi connectivity index (χ2v) is 4.98. The van der Waals surface area contributed by atoms with Gasteiger partial charge in [0.25, 0.3) is 11.6 Å². The predicted molar refractivity (Wildman–Crippen MR) is 86.1 cm³/mol. The van der Waals surface area contributed by atoms with Gasteiger partial charge in [0.2, 0.25) is 5.78 Å². The lowest BCUT2D eigenvalue weighted by atomic mass is 10.2. The quantitative estimate of drug-likeness (QED) is 0.322. The van der Waals surface area contributed by atoms with Crippen molar-refractivity contribution < 1.29 is 24.0 Å². The lowest BCUT2D eigenvalue weighted by Gasteiger charge is -2.06. The van der Waals surface area contributed by atoms with Gasteiger partial charge in [0, 0.05) is 30.4 Å². The van der Waals surface area contributed by atoms with Crippen molar-refractivity contribution in [3.63, 3.8) is 0 Å². The lowest BCUT2D eigenvalue weighted by Crippen LogP contribution is -2.27. The summed E-state index contributed by atoms with van der Waals surface area (Å²) >= 11 is 0. The van der Waals surface area contributed by atoms with Crippen molar-refractivity contribution in [2.24, 2.45) is 0 Å². The first kappa shape index (κ1) is 17.9. The summed E-state index contributed by atoms with van der Waals surface area (Å²) < 4.78 is 4.82. The number of hydrogen-bond donors (Lipinski definition) is 2. The molecular weight excluding hydrogens is 330 g/mol. The molecule has 0 radical (unpaired) electrons. The number of esters is 1. The molecule has 1 aromatic carbocycles. The smallest absolute Gasteiger partial charge is 0.308 e. The Bertz CT molecular complexity index is 768. The monoisotopic (exact) mass is 345 g/mol. The maximum Gasteiger partial charge on any atom is 0.308 e. The predicted octanol–water partition coefficient (Wildman–Crippen LogP) is 1.47. The molecule has 0 aliphatic rings. The zero-order chi connectivity index (χ0) is 18.2. The summed E-state index contributed by atoms with van der Waals surface area (Å²) in [5, 5.41) is 13.0. The topological polar surface area (TPSA) is 131 Å². The van der Waals surface area contributed by atoms with E-state index in [4.69, 9.17) is 4.74 Å². The van der Waals surface area contributed by atoms with Crippen LogP contribution in [0.5, 0.6) is 0 Å². The van der Waals surface area contributed by atoms with Crippen molar-refractivity contribution >= 4 is 23.3 Å². The van der Waals surface area contributed by atoms with Gasteiger partial charge in [-0.15, -0.1) is 0 Å². The number of nitrogens with one attached hydrogen (secondary N) is 2. The van der Waals surface area contributed by atoms with Crippen LogP contribution in [0.15, 0.2) is 42.6 Å². The fraction of sp³-hybridized carbons (Fsp3) is 0.188. The fourth-order valence-corrected chi connectivity index (χ4v) is 1.91. The average molecular weight is 345 g/mol. The molecule has 0 saturated heterocycles. The van der Waals surface area contributed by atoms with Crippen LogP contribution in [0.2, 0.25) is 0 Å². The summed E-state index contributed by atoms with van der Waals surface area (Å²) in [6.45, 7) is -0.360. The van der Waals surface area contributed by atoms with E-state index in [1.807, 2.05) is 0 Å². The van der Waals surface area contributed by atoms with Crippen LogP contribution in [0.1, 0.15) is 27.3 Å². The Morgan fingerprint density at radius 2 is 1.88 bits per heavy atom. The molecule has 130 valence electrons. The van der Waals surface area contributed by atoms with Crippen molar-refractivity contribution in [3.05, 3.63) is 64.0 Å². The van der Waals surface area contributed by atoms with Crippen molar-refractivity contribution in [2.45, 2.75) is 6.42 Å². The zero-order valence-electron chi connectivity index (χ0n) is 13.1. The molecule has 0 fully saturated rings. The standard InChI is InChI=1S/C16H15N3O6/c20-14(13-2-1-8-17-13)10-25-15(21)7-9-18-16(22)11-3-5-12(6-4-11)19(23)24/h1-6,8,17H,7,9-10H2,(H,18,22). The number of ketones is 1. The van der Waals surface area contributed by atoms with Gasteiger partial charge in [0.15, 0.2) is 6.61 Å². The Hall–Kier alpha value is -3.49. The number of nitro groups is 1. The van der Waals surface area contributed by atoms with Gasteiger partial charge in [-0.25, -0.2) is 0 Å². The van der Waals surface area contributed by atoms with Gasteiger partial charge in [-0.05, 0) is 24.3 Å². The van der Waals surface area contributed by atoms with Gasteiger partial charge in [0.1, 0.15) is 0 Å². The van der Waals surface area contributed by atoms with Crippen molar-refractivity contribution in [3.8, 4) is 0 Å². The van der Waals surface area contributed by atoms with Crippen LogP contribution in [-0.4, -0.2) is 40.7 Å². The molecule has 9 heteroatoms. The number of benzene rings is 1. The second-order valence-electron chi connectivity index (χ2n) is 4.98. The van der Waals surface area contributed by atoms with E-state index in [1.165, 1.54) is 24.3 Å². The minimum atomic E-state index is -0.621. The number of nitrogens with zero attached hydrogens (tertiary/aromatic N) is 1. The highest BCUT2D eigenvalue weighted by Gasteiger charge is 2.12. The summed E-state index contributed by atoms with van der Waals surface area (Å²) in [7, 11) is 0. The van der Waals surface area contributed by atoms with Gasteiger partial charge in [-0.1, -0.05) is 0 Å². The third kappa shape index (κ3) is 5.27. The summed E-state index contributed by atoms with van der Waals surface area (Å²) in [5.74, 6) is -1.44. The Morgan fingerprint density at radius 3 is 2.48 bits per heavy atom. The van der Waals surface area contributed by atoms with E-state index in [0.717, 1.165) is 0 Å². The second kappa shape index (κ2) is 8.39. The normalized spacial score (nSPS) is 10.1. The number of ether oxygens (including phenoxy) is 1. The molecule has 0 aliphatic heterocycles. The van der Waals surface area contributed by atoms with Crippen LogP contribution >= 0.6 is 0 Å². The molecule has 0 atom stereocenters. The highest BCUT2D eigenvalue weighted by molar-refractivity contribution is 5.96. The molecule has 1 heterocycles. The van der Waals surface area contributed by atoms with Crippen molar-refractivity contribution in [2.75, 3.05) is 13.2 Å². The Kier molecular flexibility index (Phi) is 5.99. The molecule has 1 amide bonds. The third-order valence-electron chi connectivity index (χ3n) is 3.22. The average Bonchev–Trinajstić information content (AvgIpc) is 3.14. The van der Waals surface area contributed by atoms with Crippen LogP contribution in [-0.2, 0) is 9.53 Å². The number of carbonyl (C=O) groups is 3. The molecule has 0 aliphatic carbocycles. The van der Waals surface area contributed by atoms with E-state index in [9.17, 15) is 24.5 Å². The number of aromatic nitrogens is 1. The summed E-state index contributed by atoms with van der Waals surface area (Å²) in [6.07, 6.45) is 1.49. The Balaban J connectivity index is 1.70. The number of non-ortho nitro benzene ring substituents is 1. The lowest BCUT2D eigenvalue weighted by molar-refractivity contribution is -0.384. The maximum absolute atomic E-state index is 11.8. The van der Waals surface area contributed by atoms with E-state index < -0.39 is 16.8 Å². The van der Waals surface area contributed by atoms with Gasteiger partial charge >= 0.3 is 5.97 Å². The molecular formula is C16H15N3O6. The molecule has 1 aromatic heterocycles. The van der Waals surface area contributed by atoms with E-state index in [2.05, 4.69) is 10.3 Å². The van der Waals surface area contributed by atoms with E-state index in [1.54, 1.807) is 18.3 Å². The first-order valence-electron chi connectivity index (χ1n) is 7.32. The van der Waals surface area contributed by atoms with Crippen LogP contribution in [0.3, 0.4) is 0 Å². The third-order valence-corrected chi connectivity index (χ3v) is 3.22. The van der Waals surface area contributed by atoms with Crippen LogP contribution in [0.4, 0.5) is 5.69 Å². The molecule has 0 spiro atoms. The summed E-state index contributed by atoms with van der Waals surface area (Å²) in [5.41, 5.74) is 0.465. The van der Waals surface area contributed by atoms with Crippen molar-refractivity contribution in [1.82, 2.24) is 10.3 Å². The highest BCUT2D eigenvalue weighted by atomic mass is 16.6. The summed E-state index contributed by atoms with van der Waals surface area (Å²) in [6, 6.07) is 8.30.